The second kappa shape index (κ2) is 7.68. The van der Waals surface area contributed by atoms with Crippen molar-refractivity contribution in [1.82, 2.24) is 9.97 Å². The Bertz CT molecular complexity index is 467. The minimum atomic E-state index is -4.46. The van der Waals surface area contributed by atoms with Crippen molar-refractivity contribution >= 4 is 5.82 Å². The molecule has 0 amide bonds. The Hall–Kier alpha value is -1.49. The van der Waals surface area contributed by atoms with Gasteiger partial charge in [-0.1, -0.05) is 0 Å². The molecule has 0 radical (unpaired) electrons. The highest BCUT2D eigenvalue weighted by atomic mass is 19.4. The number of ether oxygens (including phenoxy) is 1. The summed E-state index contributed by atoms with van der Waals surface area (Å²) < 4.78 is 41.0. The summed E-state index contributed by atoms with van der Waals surface area (Å²) in [5, 5.41) is 26.7. The lowest BCUT2D eigenvalue weighted by Crippen LogP contribution is -2.46. The average Bonchev–Trinajstić information content (AvgIpc) is 2.40. The first-order valence-corrected chi connectivity index (χ1v) is 6.42. The smallest absolute Gasteiger partial charge is 0.394 e. The van der Waals surface area contributed by atoms with Crippen molar-refractivity contribution in [2.75, 3.05) is 18.9 Å². The van der Waals surface area contributed by atoms with Crippen LogP contribution in [0.5, 0.6) is 0 Å². The van der Waals surface area contributed by atoms with E-state index in [2.05, 4.69) is 9.97 Å². The molecule has 1 aromatic rings. The van der Waals surface area contributed by atoms with E-state index in [0.29, 0.717) is 19.1 Å². The molecule has 0 aromatic carbocycles. The number of aromatic nitrogens is 2. The third-order valence-electron chi connectivity index (χ3n) is 2.85. The summed E-state index contributed by atoms with van der Waals surface area (Å²) in [6, 6.07) is 0.701. The summed E-state index contributed by atoms with van der Waals surface area (Å²) in [6.45, 7) is 1.52. The van der Waals surface area contributed by atoms with Gasteiger partial charge in [-0.3, -0.25) is 0 Å². The lowest BCUT2D eigenvalue weighted by Gasteiger charge is -2.30. The van der Waals surface area contributed by atoms with Crippen molar-refractivity contribution in [3.05, 3.63) is 17.6 Å². The van der Waals surface area contributed by atoms with E-state index in [9.17, 15) is 13.2 Å². The van der Waals surface area contributed by atoms with Crippen LogP contribution < -0.4 is 5.73 Å². The number of aryl methyl sites for hydroxylation is 1. The van der Waals surface area contributed by atoms with Gasteiger partial charge in [0.2, 0.25) is 0 Å². The fourth-order valence-electron chi connectivity index (χ4n) is 1.75. The fraction of sp³-hybridized carbons (Fsp3) is 0.667. The number of hydrogen-bond acceptors (Lipinski definition) is 7. The van der Waals surface area contributed by atoms with Gasteiger partial charge in [0.25, 0.3) is 0 Å². The van der Waals surface area contributed by atoms with Crippen molar-refractivity contribution in [3.8, 4) is 0 Å². The average molecular weight is 325 g/mol. The van der Waals surface area contributed by atoms with Gasteiger partial charge in [0.1, 0.15) is 29.5 Å². The SMILES string of the molecule is Cc1nc(N)cc(C(F)(F)F)n1.OCC1OCCC(O)C1O. The standard InChI is InChI=1S/C6H6F3N3.C6H12O4/c1-3-11-4(6(7,8)9)2-5(10)12-3;7-3-5-6(9)4(8)1-2-10-5/h2H,1H3,(H2,10,11,12);4-9H,1-3H2. The highest BCUT2D eigenvalue weighted by Crippen LogP contribution is 2.28. The predicted octanol–water partition coefficient (Wildman–Crippen LogP) is -0.125. The molecule has 0 saturated carbocycles. The molecule has 3 atom stereocenters. The molecule has 0 spiro atoms. The Morgan fingerprint density at radius 3 is 2.45 bits per heavy atom. The van der Waals surface area contributed by atoms with Gasteiger partial charge >= 0.3 is 6.18 Å². The van der Waals surface area contributed by atoms with Crippen LogP contribution in [0, 0.1) is 6.92 Å². The third-order valence-corrected chi connectivity index (χ3v) is 2.85. The lowest BCUT2D eigenvalue weighted by molar-refractivity contribution is -0.147. The number of nitrogen functional groups attached to an aromatic ring is 1. The molecule has 0 aliphatic carbocycles. The number of nitrogens with two attached hydrogens (primary N) is 1. The quantitative estimate of drug-likeness (QED) is 0.567. The highest BCUT2D eigenvalue weighted by Gasteiger charge is 2.33. The first-order chi connectivity index (χ1) is 10.1. The summed E-state index contributed by atoms with van der Waals surface area (Å²) in [7, 11) is 0. The molecule has 1 saturated heterocycles. The predicted molar refractivity (Wildman–Crippen MR) is 69.6 cm³/mol. The minimum absolute atomic E-state index is 0.0160. The van der Waals surface area contributed by atoms with Crippen LogP contribution in [0.25, 0.3) is 0 Å². The summed E-state index contributed by atoms with van der Waals surface area (Å²) >= 11 is 0. The monoisotopic (exact) mass is 325 g/mol. The molecule has 10 heteroatoms. The molecular formula is C12H18F3N3O4. The van der Waals surface area contributed by atoms with Crippen LogP contribution in [0.1, 0.15) is 17.9 Å². The molecule has 2 rings (SSSR count). The Kier molecular flexibility index (Phi) is 6.48. The molecule has 3 unspecified atom stereocenters. The molecule has 22 heavy (non-hydrogen) atoms. The van der Waals surface area contributed by atoms with Crippen LogP contribution in [-0.2, 0) is 10.9 Å². The summed E-state index contributed by atoms with van der Waals surface area (Å²) in [5.41, 5.74) is 4.10. The zero-order chi connectivity index (χ0) is 16.9. The van der Waals surface area contributed by atoms with Crippen molar-refractivity contribution in [3.63, 3.8) is 0 Å². The van der Waals surface area contributed by atoms with Crippen molar-refractivity contribution in [2.45, 2.75) is 37.8 Å². The zero-order valence-electron chi connectivity index (χ0n) is 11.8. The third kappa shape index (κ3) is 5.37. The van der Waals surface area contributed by atoms with Crippen LogP contribution in [0.4, 0.5) is 19.0 Å². The van der Waals surface area contributed by atoms with E-state index < -0.39 is 30.2 Å². The van der Waals surface area contributed by atoms with E-state index in [0.717, 1.165) is 0 Å². The van der Waals surface area contributed by atoms with Gasteiger partial charge < -0.3 is 25.8 Å². The maximum Gasteiger partial charge on any atom is 0.433 e. The normalized spacial score (nSPS) is 25.3. The molecule has 5 N–H and O–H groups in total. The molecule has 2 heterocycles. The molecule has 1 aromatic heterocycles. The van der Waals surface area contributed by atoms with Gasteiger partial charge in [0, 0.05) is 12.7 Å². The van der Waals surface area contributed by atoms with E-state index in [-0.39, 0.29) is 18.2 Å². The number of alkyl halides is 3. The van der Waals surface area contributed by atoms with E-state index >= 15 is 0 Å². The van der Waals surface area contributed by atoms with Gasteiger partial charge in [0.05, 0.1) is 12.7 Å². The Morgan fingerprint density at radius 2 is 2.00 bits per heavy atom. The first-order valence-electron chi connectivity index (χ1n) is 6.42. The van der Waals surface area contributed by atoms with Gasteiger partial charge in [-0.15, -0.1) is 0 Å². The zero-order valence-corrected chi connectivity index (χ0v) is 11.8. The first kappa shape index (κ1) is 18.6. The number of aliphatic hydroxyl groups excluding tert-OH is 3. The molecule has 1 aliphatic rings. The fourth-order valence-corrected chi connectivity index (χ4v) is 1.75. The van der Waals surface area contributed by atoms with Gasteiger partial charge in [-0.05, 0) is 13.3 Å². The maximum absolute atomic E-state index is 12.0. The summed E-state index contributed by atoms with van der Waals surface area (Å²) in [5.74, 6) is -0.155. The van der Waals surface area contributed by atoms with Crippen LogP contribution in [0.3, 0.4) is 0 Å². The van der Waals surface area contributed by atoms with E-state index in [1.54, 1.807) is 0 Å². The van der Waals surface area contributed by atoms with Crippen molar-refractivity contribution in [1.29, 1.82) is 0 Å². The molecule has 1 fully saturated rings. The Labute approximate surface area is 124 Å². The van der Waals surface area contributed by atoms with E-state index in [1.807, 2.05) is 0 Å². The van der Waals surface area contributed by atoms with Crippen molar-refractivity contribution in [2.24, 2.45) is 0 Å². The number of nitrogens with zero attached hydrogens (tertiary/aromatic N) is 2. The topological polar surface area (TPSA) is 122 Å². The molecule has 126 valence electrons. The van der Waals surface area contributed by atoms with Crippen LogP contribution >= 0.6 is 0 Å². The van der Waals surface area contributed by atoms with E-state index in [1.165, 1.54) is 6.92 Å². The second-order valence-corrected chi connectivity index (χ2v) is 4.66. The highest BCUT2D eigenvalue weighted by molar-refractivity contribution is 5.30. The Balaban J connectivity index is 0.000000224. The van der Waals surface area contributed by atoms with Crippen LogP contribution in [-0.4, -0.2) is 56.8 Å². The maximum atomic E-state index is 12.0. The summed E-state index contributed by atoms with van der Waals surface area (Å²) in [6.07, 6.45) is -6.30. The molecule has 1 aliphatic heterocycles. The van der Waals surface area contributed by atoms with Gasteiger partial charge in [-0.25, -0.2) is 9.97 Å². The van der Waals surface area contributed by atoms with Gasteiger partial charge in [-0.2, -0.15) is 13.2 Å². The minimum Gasteiger partial charge on any atom is -0.394 e. The number of rotatable bonds is 1. The summed E-state index contributed by atoms with van der Waals surface area (Å²) in [4.78, 5) is 6.70. The van der Waals surface area contributed by atoms with Crippen LogP contribution in [0.2, 0.25) is 0 Å². The van der Waals surface area contributed by atoms with Gasteiger partial charge in [0.15, 0.2) is 0 Å². The van der Waals surface area contributed by atoms with Crippen LogP contribution in [0.15, 0.2) is 6.07 Å². The van der Waals surface area contributed by atoms with Crippen molar-refractivity contribution < 1.29 is 33.2 Å². The Morgan fingerprint density at radius 1 is 1.36 bits per heavy atom. The molecule has 0 bridgehead atoms. The number of anilines is 1. The second-order valence-electron chi connectivity index (χ2n) is 4.66. The van der Waals surface area contributed by atoms with E-state index in [4.69, 9.17) is 25.8 Å². The number of aliphatic hydroxyl groups is 3. The number of hydrogen-bond donors (Lipinski definition) is 4. The lowest BCUT2D eigenvalue weighted by atomic mass is 10.0. The largest absolute Gasteiger partial charge is 0.433 e. The number of halogens is 3. The molecule has 7 nitrogen and oxygen atoms in total. The molecular weight excluding hydrogens is 307 g/mol.